The van der Waals surface area contributed by atoms with E-state index in [4.69, 9.17) is 9.47 Å². The van der Waals surface area contributed by atoms with E-state index in [9.17, 15) is 14.7 Å². The summed E-state index contributed by atoms with van der Waals surface area (Å²) >= 11 is 0. The molecule has 2 N–H and O–H groups in total. The van der Waals surface area contributed by atoms with Crippen molar-refractivity contribution in [3.05, 3.63) is 30.1 Å². The monoisotopic (exact) mass is 310 g/mol. The molecule has 1 rings (SSSR count). The van der Waals surface area contributed by atoms with Crippen molar-refractivity contribution in [1.82, 2.24) is 10.3 Å². The van der Waals surface area contributed by atoms with Gasteiger partial charge in [-0.15, -0.1) is 0 Å². The zero-order valence-corrected chi connectivity index (χ0v) is 13.2. The van der Waals surface area contributed by atoms with Crippen molar-refractivity contribution in [3.63, 3.8) is 0 Å². The van der Waals surface area contributed by atoms with E-state index in [1.54, 1.807) is 39.8 Å². The van der Waals surface area contributed by atoms with E-state index in [1.807, 2.05) is 0 Å². The van der Waals surface area contributed by atoms with Crippen LogP contribution in [0.15, 0.2) is 24.5 Å². The summed E-state index contributed by atoms with van der Waals surface area (Å²) in [5.41, 5.74) is -0.334. The molecule has 7 nitrogen and oxygen atoms in total. The van der Waals surface area contributed by atoms with Crippen molar-refractivity contribution in [2.24, 2.45) is 0 Å². The molecular weight excluding hydrogens is 288 g/mol. The molecule has 0 radical (unpaired) electrons. The Labute approximate surface area is 129 Å². The Hall–Kier alpha value is -2.15. The molecule has 1 amide bonds. The van der Waals surface area contributed by atoms with E-state index in [1.165, 1.54) is 12.4 Å². The number of nitrogens with zero attached hydrogens (tertiary/aromatic N) is 1. The summed E-state index contributed by atoms with van der Waals surface area (Å²) in [5, 5.41) is 12.7. The average molecular weight is 310 g/mol. The number of nitrogens with one attached hydrogen (secondary N) is 1. The van der Waals surface area contributed by atoms with Gasteiger partial charge in [-0.3, -0.25) is 4.98 Å². The van der Waals surface area contributed by atoms with Gasteiger partial charge in [-0.2, -0.15) is 0 Å². The second kappa shape index (κ2) is 7.74. The molecule has 122 valence electrons. The quantitative estimate of drug-likeness (QED) is 0.801. The van der Waals surface area contributed by atoms with Crippen LogP contribution in [0.25, 0.3) is 0 Å². The van der Waals surface area contributed by atoms with Crippen LogP contribution in [-0.4, -0.2) is 40.4 Å². The first-order valence-electron chi connectivity index (χ1n) is 6.98. The predicted molar refractivity (Wildman–Crippen MR) is 79.0 cm³/mol. The third kappa shape index (κ3) is 5.69. The number of hydrogen-bond acceptors (Lipinski definition) is 6. The maximum Gasteiger partial charge on any atom is 0.408 e. The van der Waals surface area contributed by atoms with Crippen LogP contribution in [0.2, 0.25) is 0 Å². The molecule has 0 saturated carbocycles. The lowest BCUT2D eigenvalue weighted by Crippen LogP contribution is -2.47. The third-order valence-electron chi connectivity index (χ3n) is 2.55. The fraction of sp³-hybridized carbons (Fsp3) is 0.533. The van der Waals surface area contributed by atoms with E-state index < -0.39 is 29.8 Å². The Morgan fingerprint density at radius 2 is 2.09 bits per heavy atom. The van der Waals surface area contributed by atoms with Crippen LogP contribution >= 0.6 is 0 Å². The zero-order valence-electron chi connectivity index (χ0n) is 13.2. The van der Waals surface area contributed by atoms with E-state index >= 15 is 0 Å². The second-order valence-electron chi connectivity index (χ2n) is 5.61. The zero-order chi connectivity index (χ0) is 16.8. The number of esters is 1. The van der Waals surface area contributed by atoms with Crippen molar-refractivity contribution in [2.45, 2.75) is 45.4 Å². The normalized spacial score (nSPS) is 13.9. The van der Waals surface area contributed by atoms with Crippen LogP contribution in [0.3, 0.4) is 0 Å². The van der Waals surface area contributed by atoms with Gasteiger partial charge in [0.2, 0.25) is 0 Å². The Bertz CT molecular complexity index is 498. The summed E-state index contributed by atoms with van der Waals surface area (Å²) in [5.74, 6) is -0.746. The molecule has 7 heteroatoms. The fourth-order valence-electron chi connectivity index (χ4n) is 1.68. The number of aromatic nitrogens is 1. The summed E-state index contributed by atoms with van der Waals surface area (Å²) in [6, 6.07) is 1.94. The van der Waals surface area contributed by atoms with Crippen molar-refractivity contribution < 1.29 is 24.2 Å². The first-order chi connectivity index (χ1) is 10.2. The number of aliphatic hydroxyl groups is 1. The number of carbonyl (C=O) groups is 2. The summed E-state index contributed by atoms with van der Waals surface area (Å²) < 4.78 is 9.99. The molecule has 0 aliphatic heterocycles. The number of carbonyl (C=O) groups excluding carboxylic acids is 2. The van der Waals surface area contributed by atoms with Gasteiger partial charge in [-0.05, 0) is 33.8 Å². The average Bonchev–Trinajstić information content (AvgIpc) is 2.43. The number of amides is 1. The molecule has 0 unspecified atom stereocenters. The highest BCUT2D eigenvalue weighted by molar-refractivity contribution is 5.82. The minimum atomic E-state index is -1.29. The van der Waals surface area contributed by atoms with Crippen LogP contribution in [0.1, 0.15) is 39.4 Å². The van der Waals surface area contributed by atoms with Gasteiger partial charge in [0, 0.05) is 18.0 Å². The van der Waals surface area contributed by atoms with Crippen molar-refractivity contribution in [1.29, 1.82) is 0 Å². The van der Waals surface area contributed by atoms with Gasteiger partial charge in [-0.25, -0.2) is 9.59 Å². The van der Waals surface area contributed by atoms with Gasteiger partial charge in [0.25, 0.3) is 0 Å². The van der Waals surface area contributed by atoms with Gasteiger partial charge in [0.15, 0.2) is 6.04 Å². The van der Waals surface area contributed by atoms with Crippen molar-refractivity contribution in [2.75, 3.05) is 6.61 Å². The number of hydrogen-bond donors (Lipinski definition) is 2. The largest absolute Gasteiger partial charge is 0.464 e. The van der Waals surface area contributed by atoms with Crippen LogP contribution in [0.4, 0.5) is 4.79 Å². The van der Waals surface area contributed by atoms with E-state index in [2.05, 4.69) is 10.3 Å². The second-order valence-corrected chi connectivity index (χ2v) is 5.61. The molecule has 0 aliphatic rings. The summed E-state index contributed by atoms with van der Waals surface area (Å²) in [6.45, 7) is 6.86. The Balaban J connectivity index is 2.89. The number of rotatable bonds is 5. The number of alkyl carbamates (subject to hydrolysis) is 1. The van der Waals surface area contributed by atoms with Crippen LogP contribution in [-0.2, 0) is 14.3 Å². The molecule has 1 heterocycles. The molecule has 22 heavy (non-hydrogen) atoms. The topological polar surface area (TPSA) is 97.8 Å². The summed E-state index contributed by atoms with van der Waals surface area (Å²) in [7, 11) is 0. The van der Waals surface area contributed by atoms with Crippen molar-refractivity contribution in [3.8, 4) is 0 Å². The van der Waals surface area contributed by atoms with Gasteiger partial charge in [0.05, 0.1) is 6.61 Å². The molecule has 0 bridgehead atoms. The lowest BCUT2D eigenvalue weighted by atomic mass is 10.0. The lowest BCUT2D eigenvalue weighted by molar-refractivity contribution is -0.148. The third-order valence-corrected chi connectivity index (χ3v) is 2.55. The first kappa shape index (κ1) is 17.9. The number of aliphatic hydroxyl groups excluding tert-OH is 1. The van der Waals surface area contributed by atoms with E-state index in [0.29, 0.717) is 5.56 Å². The molecule has 1 aromatic rings. The smallest absolute Gasteiger partial charge is 0.408 e. The fourth-order valence-corrected chi connectivity index (χ4v) is 1.68. The molecule has 1 aromatic heterocycles. The summed E-state index contributed by atoms with van der Waals surface area (Å²) in [4.78, 5) is 27.7. The molecule has 0 saturated heterocycles. The maximum absolute atomic E-state index is 12.0. The number of pyridine rings is 1. The molecule has 0 spiro atoms. The standard InChI is InChI=1S/C15H22N2O5/c1-5-21-13(19)11(17-14(20)22-15(2,3)4)12(18)10-7-6-8-16-9-10/h6-9,11-12,18H,5H2,1-4H3,(H,17,20)/t11-,12-/m0/s1. The highest BCUT2D eigenvalue weighted by Gasteiger charge is 2.32. The highest BCUT2D eigenvalue weighted by Crippen LogP contribution is 2.17. The van der Waals surface area contributed by atoms with Crippen LogP contribution in [0.5, 0.6) is 0 Å². The van der Waals surface area contributed by atoms with Gasteiger partial charge in [-0.1, -0.05) is 6.07 Å². The van der Waals surface area contributed by atoms with Gasteiger partial charge in [0.1, 0.15) is 11.7 Å². The maximum atomic E-state index is 12.0. The van der Waals surface area contributed by atoms with Crippen LogP contribution < -0.4 is 5.32 Å². The predicted octanol–water partition coefficient (Wildman–Crippen LogP) is 1.57. The van der Waals surface area contributed by atoms with E-state index in [0.717, 1.165) is 0 Å². The molecule has 0 fully saturated rings. The Morgan fingerprint density at radius 1 is 1.41 bits per heavy atom. The molecule has 0 aliphatic carbocycles. The van der Waals surface area contributed by atoms with Crippen LogP contribution in [0, 0.1) is 0 Å². The highest BCUT2D eigenvalue weighted by atomic mass is 16.6. The summed E-state index contributed by atoms with van der Waals surface area (Å²) in [6.07, 6.45) is 0.846. The Kier molecular flexibility index (Phi) is 6.30. The SMILES string of the molecule is CCOC(=O)[C@@H](NC(=O)OC(C)(C)C)[C@@H](O)c1cccnc1. The first-order valence-corrected chi connectivity index (χ1v) is 6.98. The van der Waals surface area contributed by atoms with Gasteiger partial charge < -0.3 is 19.9 Å². The number of ether oxygens (including phenoxy) is 2. The van der Waals surface area contributed by atoms with Gasteiger partial charge >= 0.3 is 12.1 Å². The van der Waals surface area contributed by atoms with Crippen molar-refractivity contribution >= 4 is 12.1 Å². The lowest BCUT2D eigenvalue weighted by Gasteiger charge is -2.25. The Morgan fingerprint density at radius 3 is 2.59 bits per heavy atom. The minimum absolute atomic E-state index is 0.130. The molecular formula is C15H22N2O5. The van der Waals surface area contributed by atoms with E-state index in [-0.39, 0.29) is 6.61 Å². The molecule has 2 atom stereocenters. The minimum Gasteiger partial charge on any atom is -0.464 e. The molecule has 0 aromatic carbocycles.